The Bertz CT molecular complexity index is 742. The number of nitrogens with zero attached hydrogens (tertiary/aromatic N) is 3. The molecule has 1 fully saturated rings. The zero-order valence-corrected chi connectivity index (χ0v) is 15.2. The maximum absolute atomic E-state index is 12.5. The molecule has 1 saturated carbocycles. The first-order valence-electron chi connectivity index (χ1n) is 7.70. The van der Waals surface area contributed by atoms with E-state index in [-0.39, 0.29) is 30.0 Å². The minimum atomic E-state index is -0.291. The third-order valence-corrected chi connectivity index (χ3v) is 4.34. The first-order chi connectivity index (χ1) is 11.0. The highest BCUT2D eigenvalue weighted by Crippen LogP contribution is 2.32. The van der Waals surface area contributed by atoms with Crippen LogP contribution >= 0.6 is 24.0 Å². The molecule has 8 heteroatoms. The van der Waals surface area contributed by atoms with Crippen molar-refractivity contribution in [1.82, 2.24) is 20.1 Å². The van der Waals surface area contributed by atoms with Crippen molar-refractivity contribution in [3.05, 3.63) is 40.3 Å². The van der Waals surface area contributed by atoms with Crippen LogP contribution in [-0.2, 0) is 0 Å². The van der Waals surface area contributed by atoms with Gasteiger partial charge in [-0.15, -0.1) is 12.4 Å². The number of aryl methyl sites for hydroxylation is 2. The summed E-state index contributed by atoms with van der Waals surface area (Å²) in [6, 6.07) is 5.36. The second-order valence-electron chi connectivity index (χ2n) is 5.99. The molecule has 6 nitrogen and oxygen atoms in total. The number of hydrogen-bond acceptors (Lipinski definition) is 4. The van der Waals surface area contributed by atoms with E-state index < -0.39 is 0 Å². The standard InChI is InChI=1S/C16H20ClN5O.ClH/c1-9-7-10(2)22(21-9)14-6-5-12(17)15(20-14)16(23)19-13(8-18)11-3-4-11;/h5-7,11,13H,3-4,8,18H2,1-2H3,(H,19,23);1H. The molecule has 1 aliphatic rings. The van der Waals surface area contributed by atoms with Gasteiger partial charge in [0.15, 0.2) is 5.82 Å². The van der Waals surface area contributed by atoms with Gasteiger partial charge in [0.1, 0.15) is 5.69 Å². The molecule has 0 radical (unpaired) electrons. The molecule has 2 aromatic rings. The fourth-order valence-corrected chi connectivity index (χ4v) is 2.87. The van der Waals surface area contributed by atoms with Crippen LogP contribution in [0.5, 0.6) is 0 Å². The lowest BCUT2D eigenvalue weighted by molar-refractivity contribution is 0.0928. The van der Waals surface area contributed by atoms with E-state index >= 15 is 0 Å². The van der Waals surface area contributed by atoms with Gasteiger partial charge in [-0.2, -0.15) is 5.10 Å². The lowest BCUT2D eigenvalue weighted by Crippen LogP contribution is -2.42. The number of hydrogen-bond donors (Lipinski definition) is 2. The Hall–Kier alpha value is -1.63. The van der Waals surface area contributed by atoms with E-state index in [2.05, 4.69) is 15.4 Å². The third kappa shape index (κ3) is 3.88. The summed E-state index contributed by atoms with van der Waals surface area (Å²) in [4.78, 5) is 16.9. The quantitative estimate of drug-likeness (QED) is 0.847. The first-order valence-corrected chi connectivity index (χ1v) is 8.08. The molecule has 3 N–H and O–H groups in total. The number of nitrogens with one attached hydrogen (secondary N) is 1. The van der Waals surface area contributed by atoms with Crippen LogP contribution in [0.25, 0.3) is 5.82 Å². The molecule has 0 aliphatic heterocycles. The van der Waals surface area contributed by atoms with Gasteiger partial charge in [-0.05, 0) is 50.8 Å². The van der Waals surface area contributed by atoms with Gasteiger partial charge in [0.25, 0.3) is 5.91 Å². The molecule has 2 heterocycles. The van der Waals surface area contributed by atoms with Gasteiger partial charge in [0.05, 0.1) is 10.7 Å². The topological polar surface area (TPSA) is 85.8 Å². The number of carbonyl (C=O) groups is 1. The molecule has 24 heavy (non-hydrogen) atoms. The number of halogens is 2. The second-order valence-corrected chi connectivity index (χ2v) is 6.40. The maximum atomic E-state index is 12.5. The lowest BCUT2D eigenvalue weighted by atomic mass is 10.2. The largest absolute Gasteiger partial charge is 0.346 e. The Balaban J connectivity index is 0.00000208. The van der Waals surface area contributed by atoms with Crippen molar-refractivity contribution in [2.24, 2.45) is 11.7 Å². The van der Waals surface area contributed by atoms with Crippen LogP contribution in [0, 0.1) is 19.8 Å². The van der Waals surface area contributed by atoms with Gasteiger partial charge in [0.2, 0.25) is 0 Å². The number of carbonyl (C=O) groups excluding carboxylic acids is 1. The summed E-state index contributed by atoms with van der Waals surface area (Å²) in [5, 5.41) is 7.65. The lowest BCUT2D eigenvalue weighted by Gasteiger charge is -2.16. The van der Waals surface area contributed by atoms with Gasteiger partial charge in [0, 0.05) is 18.3 Å². The molecule has 1 aliphatic carbocycles. The van der Waals surface area contributed by atoms with Crippen LogP contribution in [0.3, 0.4) is 0 Å². The highest BCUT2D eigenvalue weighted by atomic mass is 35.5. The summed E-state index contributed by atoms with van der Waals surface area (Å²) >= 11 is 6.16. The third-order valence-electron chi connectivity index (χ3n) is 4.03. The first kappa shape index (κ1) is 18.7. The molecule has 0 saturated heterocycles. The molecule has 1 unspecified atom stereocenters. The van der Waals surface area contributed by atoms with Crippen LogP contribution in [0.15, 0.2) is 18.2 Å². The van der Waals surface area contributed by atoms with Gasteiger partial charge in [-0.3, -0.25) is 4.79 Å². The van der Waals surface area contributed by atoms with Crippen LogP contribution in [0.4, 0.5) is 0 Å². The summed E-state index contributed by atoms with van der Waals surface area (Å²) in [7, 11) is 0. The summed E-state index contributed by atoms with van der Waals surface area (Å²) in [5.74, 6) is 0.753. The molecule has 1 amide bonds. The van der Waals surface area contributed by atoms with Crippen molar-refractivity contribution in [3.63, 3.8) is 0 Å². The van der Waals surface area contributed by atoms with Crippen LogP contribution < -0.4 is 11.1 Å². The zero-order valence-electron chi connectivity index (χ0n) is 13.6. The molecule has 0 bridgehead atoms. The summed E-state index contributed by atoms with van der Waals surface area (Å²) in [5.41, 5.74) is 7.78. The fourth-order valence-electron chi connectivity index (χ4n) is 2.67. The van der Waals surface area contributed by atoms with Crippen molar-refractivity contribution in [2.75, 3.05) is 6.54 Å². The van der Waals surface area contributed by atoms with Crippen molar-refractivity contribution in [3.8, 4) is 5.82 Å². The molecule has 130 valence electrons. The van der Waals surface area contributed by atoms with E-state index in [0.717, 1.165) is 24.2 Å². The van der Waals surface area contributed by atoms with E-state index in [1.807, 2.05) is 19.9 Å². The van der Waals surface area contributed by atoms with Gasteiger partial charge in [-0.25, -0.2) is 9.67 Å². The van der Waals surface area contributed by atoms with E-state index in [1.165, 1.54) is 0 Å². The maximum Gasteiger partial charge on any atom is 0.271 e. The normalized spacial score (nSPS) is 14.8. The van der Waals surface area contributed by atoms with E-state index in [9.17, 15) is 4.79 Å². The van der Waals surface area contributed by atoms with Gasteiger partial charge >= 0.3 is 0 Å². The highest BCUT2D eigenvalue weighted by Gasteiger charge is 2.32. The minimum absolute atomic E-state index is 0. The Kier molecular flexibility index (Phi) is 5.85. The Morgan fingerprint density at radius 1 is 1.46 bits per heavy atom. The highest BCUT2D eigenvalue weighted by molar-refractivity contribution is 6.33. The average molecular weight is 370 g/mol. The van der Waals surface area contributed by atoms with Crippen molar-refractivity contribution in [2.45, 2.75) is 32.7 Å². The van der Waals surface area contributed by atoms with Gasteiger partial charge < -0.3 is 11.1 Å². The summed E-state index contributed by atoms with van der Waals surface area (Å²) in [6.45, 7) is 4.27. The monoisotopic (exact) mass is 369 g/mol. The van der Waals surface area contributed by atoms with Crippen molar-refractivity contribution < 1.29 is 4.79 Å². The molecule has 1 atom stereocenters. The van der Waals surface area contributed by atoms with E-state index in [0.29, 0.717) is 23.3 Å². The number of rotatable bonds is 5. The minimum Gasteiger partial charge on any atom is -0.346 e. The molecular formula is C16H21Cl2N5O. The van der Waals surface area contributed by atoms with Gasteiger partial charge in [-0.1, -0.05) is 11.6 Å². The molecule has 2 aromatic heterocycles. The predicted octanol–water partition coefficient (Wildman–Crippen LogP) is 2.43. The molecule has 0 spiro atoms. The van der Waals surface area contributed by atoms with E-state index in [1.54, 1.807) is 16.8 Å². The van der Waals surface area contributed by atoms with Crippen LogP contribution in [0.1, 0.15) is 34.7 Å². The smallest absolute Gasteiger partial charge is 0.271 e. The fraction of sp³-hybridized carbons (Fsp3) is 0.438. The number of nitrogens with two attached hydrogens (primary N) is 1. The molecular weight excluding hydrogens is 349 g/mol. The second kappa shape index (κ2) is 7.51. The van der Waals surface area contributed by atoms with Crippen molar-refractivity contribution in [1.29, 1.82) is 0 Å². The van der Waals surface area contributed by atoms with Crippen molar-refractivity contribution >= 4 is 29.9 Å². The van der Waals surface area contributed by atoms with Crippen LogP contribution in [-0.4, -0.2) is 33.3 Å². The summed E-state index contributed by atoms with van der Waals surface area (Å²) < 4.78 is 1.70. The van der Waals surface area contributed by atoms with Crippen LogP contribution in [0.2, 0.25) is 5.02 Å². The Morgan fingerprint density at radius 3 is 2.71 bits per heavy atom. The number of amides is 1. The molecule has 0 aromatic carbocycles. The molecule has 3 rings (SSSR count). The summed E-state index contributed by atoms with van der Waals surface area (Å²) in [6.07, 6.45) is 2.21. The average Bonchev–Trinajstić information content (AvgIpc) is 3.30. The predicted molar refractivity (Wildman–Crippen MR) is 96.1 cm³/mol. The zero-order chi connectivity index (χ0) is 16.6. The number of aromatic nitrogens is 3. The Labute approximate surface area is 152 Å². The number of pyridine rings is 1. The Morgan fingerprint density at radius 2 is 2.17 bits per heavy atom. The SMILES string of the molecule is Cc1cc(C)n(-c2ccc(Cl)c(C(=O)NC(CN)C3CC3)n2)n1.Cl. The van der Waals surface area contributed by atoms with E-state index in [4.69, 9.17) is 17.3 Å².